The Morgan fingerprint density at radius 3 is 2.05 bits per heavy atom. The molecule has 0 heterocycles. The lowest BCUT2D eigenvalue weighted by molar-refractivity contribution is 0.282. The number of aryl methyl sites for hydroxylation is 2. The van der Waals surface area contributed by atoms with Crippen LogP contribution in [0.15, 0.2) is 33.2 Å². The Labute approximate surface area is 136 Å². The molecule has 0 aromatic heterocycles. The van der Waals surface area contributed by atoms with Crippen LogP contribution in [-0.2, 0) is 6.61 Å². The van der Waals surface area contributed by atoms with E-state index in [2.05, 4.69) is 31.9 Å². The first kappa shape index (κ1) is 15.5. The van der Waals surface area contributed by atoms with Crippen LogP contribution < -0.4 is 4.74 Å². The average molecular weight is 400 g/mol. The lowest BCUT2D eigenvalue weighted by Gasteiger charge is -2.15. The molecular formula is C16H16Br2O2. The summed E-state index contributed by atoms with van der Waals surface area (Å²) >= 11 is 7.11. The van der Waals surface area contributed by atoms with E-state index in [9.17, 15) is 5.11 Å². The maximum Gasteiger partial charge on any atom is 0.127 e. The summed E-state index contributed by atoms with van der Waals surface area (Å²) in [6, 6.07) is 8.05. The van der Waals surface area contributed by atoms with Crippen molar-refractivity contribution in [3.8, 4) is 16.9 Å². The number of hydrogen-bond donors (Lipinski definition) is 1. The predicted molar refractivity (Wildman–Crippen MR) is 89.2 cm³/mol. The predicted octanol–water partition coefficient (Wildman–Crippen LogP) is 5.00. The van der Waals surface area contributed by atoms with Crippen LogP contribution in [0, 0.1) is 13.8 Å². The van der Waals surface area contributed by atoms with Crippen LogP contribution in [0.25, 0.3) is 11.1 Å². The van der Waals surface area contributed by atoms with Crippen LogP contribution in [-0.4, -0.2) is 12.2 Å². The summed E-state index contributed by atoms with van der Waals surface area (Å²) in [6.45, 7) is 4.03. The number of hydrogen-bond acceptors (Lipinski definition) is 2. The van der Waals surface area contributed by atoms with Gasteiger partial charge in [0.25, 0.3) is 0 Å². The molecule has 1 N–H and O–H groups in total. The highest BCUT2D eigenvalue weighted by molar-refractivity contribution is 9.10. The minimum Gasteiger partial charge on any atom is -0.496 e. The van der Waals surface area contributed by atoms with Crippen molar-refractivity contribution < 1.29 is 9.84 Å². The van der Waals surface area contributed by atoms with Crippen molar-refractivity contribution in [2.24, 2.45) is 0 Å². The van der Waals surface area contributed by atoms with Crippen molar-refractivity contribution >= 4 is 31.9 Å². The maximum atomic E-state index is 9.61. The molecule has 0 saturated carbocycles. The van der Waals surface area contributed by atoms with Crippen molar-refractivity contribution in [1.29, 1.82) is 0 Å². The van der Waals surface area contributed by atoms with Gasteiger partial charge in [0.2, 0.25) is 0 Å². The van der Waals surface area contributed by atoms with E-state index in [0.717, 1.165) is 42.5 Å². The summed E-state index contributed by atoms with van der Waals surface area (Å²) in [5, 5.41) is 9.61. The standard InChI is InChI=1S/C16H16Br2O2/c1-9-4-11(8-19)12(6-14(9)17)13-7-15(18)10(2)5-16(13)20-3/h4-7,19H,8H2,1-3H3. The van der Waals surface area contributed by atoms with Crippen molar-refractivity contribution in [2.75, 3.05) is 7.11 Å². The second-order valence-corrected chi connectivity index (χ2v) is 6.43. The first-order valence-electron chi connectivity index (χ1n) is 6.22. The van der Waals surface area contributed by atoms with E-state index in [1.807, 2.05) is 38.1 Å². The molecule has 0 atom stereocenters. The zero-order valence-electron chi connectivity index (χ0n) is 11.6. The molecule has 0 amide bonds. The highest BCUT2D eigenvalue weighted by Crippen LogP contribution is 2.38. The zero-order valence-corrected chi connectivity index (χ0v) is 14.8. The molecule has 0 aliphatic carbocycles. The summed E-state index contributed by atoms with van der Waals surface area (Å²) in [5.41, 5.74) is 5.04. The highest BCUT2D eigenvalue weighted by Gasteiger charge is 2.14. The normalized spacial score (nSPS) is 10.7. The zero-order chi connectivity index (χ0) is 14.9. The fourth-order valence-corrected chi connectivity index (χ4v) is 2.84. The van der Waals surface area contributed by atoms with Crippen LogP contribution >= 0.6 is 31.9 Å². The van der Waals surface area contributed by atoms with Crippen molar-refractivity contribution in [1.82, 2.24) is 0 Å². The third-order valence-corrected chi connectivity index (χ3v) is 5.03. The fraction of sp³-hybridized carbons (Fsp3) is 0.250. The van der Waals surface area contributed by atoms with E-state index in [-0.39, 0.29) is 6.61 Å². The van der Waals surface area contributed by atoms with Gasteiger partial charge in [-0.3, -0.25) is 0 Å². The van der Waals surface area contributed by atoms with Gasteiger partial charge in [0.05, 0.1) is 13.7 Å². The van der Waals surface area contributed by atoms with Gasteiger partial charge in [-0.05, 0) is 54.3 Å². The van der Waals surface area contributed by atoms with E-state index < -0.39 is 0 Å². The smallest absolute Gasteiger partial charge is 0.127 e. The number of rotatable bonds is 3. The fourth-order valence-electron chi connectivity index (χ4n) is 2.16. The summed E-state index contributed by atoms with van der Waals surface area (Å²) in [4.78, 5) is 0. The van der Waals surface area contributed by atoms with Gasteiger partial charge in [-0.1, -0.05) is 37.9 Å². The summed E-state index contributed by atoms with van der Waals surface area (Å²) in [5.74, 6) is 0.802. The van der Waals surface area contributed by atoms with E-state index >= 15 is 0 Å². The molecule has 0 bridgehead atoms. The molecule has 2 rings (SSSR count). The van der Waals surface area contributed by atoms with Crippen LogP contribution in [0.3, 0.4) is 0 Å². The lowest BCUT2D eigenvalue weighted by atomic mass is 9.96. The van der Waals surface area contributed by atoms with Gasteiger partial charge in [-0.15, -0.1) is 0 Å². The minimum absolute atomic E-state index is 0.00188. The molecule has 2 nitrogen and oxygen atoms in total. The second-order valence-electron chi connectivity index (χ2n) is 4.72. The van der Waals surface area contributed by atoms with Crippen LogP contribution in [0.1, 0.15) is 16.7 Å². The van der Waals surface area contributed by atoms with Crippen LogP contribution in [0.4, 0.5) is 0 Å². The topological polar surface area (TPSA) is 29.5 Å². The van der Waals surface area contributed by atoms with Crippen molar-refractivity contribution in [3.63, 3.8) is 0 Å². The quantitative estimate of drug-likeness (QED) is 0.787. The molecule has 0 saturated heterocycles. The van der Waals surface area contributed by atoms with E-state index in [0.29, 0.717) is 0 Å². The average Bonchev–Trinajstić information content (AvgIpc) is 2.43. The Morgan fingerprint density at radius 2 is 1.50 bits per heavy atom. The number of aliphatic hydroxyl groups is 1. The number of halogens is 2. The Hall–Kier alpha value is -0.840. The van der Waals surface area contributed by atoms with Gasteiger partial charge in [0.15, 0.2) is 0 Å². The first-order chi connectivity index (χ1) is 9.47. The van der Waals surface area contributed by atoms with Gasteiger partial charge in [0, 0.05) is 14.5 Å². The molecule has 0 aliphatic heterocycles. The number of aliphatic hydroxyl groups excluding tert-OH is 1. The third kappa shape index (κ3) is 2.92. The molecule has 0 spiro atoms. The van der Waals surface area contributed by atoms with Gasteiger partial charge in [0.1, 0.15) is 5.75 Å². The third-order valence-electron chi connectivity index (χ3n) is 3.33. The molecule has 0 fully saturated rings. The number of ether oxygens (including phenoxy) is 1. The largest absolute Gasteiger partial charge is 0.496 e. The van der Waals surface area contributed by atoms with Gasteiger partial charge in [-0.25, -0.2) is 0 Å². The maximum absolute atomic E-state index is 9.61. The number of benzene rings is 2. The van der Waals surface area contributed by atoms with Crippen molar-refractivity contribution in [3.05, 3.63) is 49.9 Å². The first-order valence-corrected chi connectivity index (χ1v) is 7.81. The SMILES string of the molecule is COc1cc(C)c(Br)cc1-c1cc(Br)c(C)cc1CO. The van der Waals surface area contributed by atoms with Gasteiger partial charge in [-0.2, -0.15) is 0 Å². The second kappa shape index (κ2) is 6.29. The molecule has 20 heavy (non-hydrogen) atoms. The minimum atomic E-state index is -0.00188. The molecule has 2 aromatic rings. The van der Waals surface area contributed by atoms with E-state index in [4.69, 9.17) is 4.74 Å². The molecule has 0 aliphatic rings. The monoisotopic (exact) mass is 398 g/mol. The molecule has 4 heteroatoms. The van der Waals surface area contributed by atoms with E-state index in [1.54, 1.807) is 7.11 Å². The Morgan fingerprint density at radius 1 is 0.950 bits per heavy atom. The number of methoxy groups -OCH3 is 1. The highest BCUT2D eigenvalue weighted by atomic mass is 79.9. The van der Waals surface area contributed by atoms with E-state index in [1.165, 1.54) is 0 Å². The molecule has 0 radical (unpaired) electrons. The Bertz CT molecular complexity index is 594. The molecule has 106 valence electrons. The lowest BCUT2D eigenvalue weighted by Crippen LogP contribution is -1.96. The van der Waals surface area contributed by atoms with Crippen molar-refractivity contribution in [2.45, 2.75) is 20.5 Å². The summed E-state index contributed by atoms with van der Waals surface area (Å²) < 4.78 is 7.53. The Kier molecular flexibility index (Phi) is 4.89. The van der Waals surface area contributed by atoms with Gasteiger partial charge >= 0.3 is 0 Å². The molecule has 2 aromatic carbocycles. The van der Waals surface area contributed by atoms with Crippen LogP contribution in [0.5, 0.6) is 5.75 Å². The Balaban J connectivity index is 2.73. The summed E-state index contributed by atoms with van der Waals surface area (Å²) in [7, 11) is 1.66. The van der Waals surface area contributed by atoms with Crippen LogP contribution in [0.2, 0.25) is 0 Å². The molecular weight excluding hydrogens is 384 g/mol. The molecule has 0 unspecified atom stereocenters. The van der Waals surface area contributed by atoms with Gasteiger partial charge < -0.3 is 9.84 Å². The summed E-state index contributed by atoms with van der Waals surface area (Å²) in [6.07, 6.45) is 0.